The lowest BCUT2D eigenvalue weighted by atomic mass is 10.2. The van der Waals surface area contributed by atoms with Crippen LogP contribution in [0.5, 0.6) is 0 Å². The maximum Gasteiger partial charge on any atom is 0.273 e. The Kier molecular flexibility index (Phi) is 4.50. The average molecular weight is 331 g/mol. The number of pyridine rings is 1. The zero-order valence-corrected chi connectivity index (χ0v) is 12.5. The topological polar surface area (TPSA) is 50.3 Å². The van der Waals surface area contributed by atoms with Crippen LogP contribution in [0, 0.1) is 5.92 Å². The average Bonchev–Trinajstić information content (AvgIpc) is 2.50. The minimum atomic E-state index is -0.813. The Morgan fingerprint density at radius 2 is 2.39 bits per heavy atom. The molecule has 4 nitrogen and oxygen atoms in total. The molecule has 98 valence electrons. The summed E-state index contributed by atoms with van der Waals surface area (Å²) in [7, 11) is -0.813. The van der Waals surface area contributed by atoms with E-state index in [-0.39, 0.29) is 11.8 Å². The van der Waals surface area contributed by atoms with Crippen molar-refractivity contribution in [2.75, 3.05) is 24.6 Å². The molecular weight excluding hydrogens is 316 g/mol. The monoisotopic (exact) mass is 330 g/mol. The van der Waals surface area contributed by atoms with Crippen molar-refractivity contribution < 1.29 is 9.00 Å². The summed E-state index contributed by atoms with van der Waals surface area (Å²) in [6.45, 7) is 3.21. The lowest BCUT2D eigenvalue weighted by Gasteiger charge is -2.22. The highest BCUT2D eigenvalue weighted by Crippen LogP contribution is 2.17. The number of nitrogens with zero attached hydrogens (tertiary/aromatic N) is 2. The second-order valence-electron chi connectivity index (χ2n) is 4.50. The quantitative estimate of drug-likeness (QED) is 0.787. The summed E-state index contributed by atoms with van der Waals surface area (Å²) in [5.74, 6) is 1.40. The van der Waals surface area contributed by atoms with Gasteiger partial charge in [0.1, 0.15) is 5.69 Å². The number of carbonyl (C=O) groups excluding carboxylic acids is 1. The summed E-state index contributed by atoms with van der Waals surface area (Å²) in [4.78, 5) is 18.2. The molecule has 6 heteroatoms. The molecule has 1 aromatic heterocycles. The molecule has 2 heterocycles. The molecule has 0 aromatic carbocycles. The van der Waals surface area contributed by atoms with Crippen molar-refractivity contribution in [1.29, 1.82) is 0 Å². The predicted molar refractivity (Wildman–Crippen MR) is 74.9 cm³/mol. The summed E-state index contributed by atoms with van der Waals surface area (Å²) in [6.07, 6.45) is 1.61. The van der Waals surface area contributed by atoms with Crippen molar-refractivity contribution in [3.8, 4) is 0 Å². The van der Waals surface area contributed by atoms with Crippen LogP contribution >= 0.6 is 15.9 Å². The molecule has 18 heavy (non-hydrogen) atoms. The largest absolute Gasteiger partial charge is 0.336 e. The first-order valence-electron chi connectivity index (χ1n) is 5.82. The lowest BCUT2D eigenvalue weighted by Crippen LogP contribution is -2.36. The summed E-state index contributed by atoms with van der Waals surface area (Å²) >= 11 is 3.34. The zero-order valence-electron chi connectivity index (χ0n) is 10.1. The van der Waals surface area contributed by atoms with E-state index in [4.69, 9.17) is 0 Å². The van der Waals surface area contributed by atoms with Gasteiger partial charge in [-0.05, 0) is 34.0 Å². The van der Waals surface area contributed by atoms with Gasteiger partial charge in [-0.2, -0.15) is 0 Å². The SMILES string of the molecule is C[C@H]1CN(C(=O)c2ncccc2Br)CC[S@@](=O)C1. The van der Waals surface area contributed by atoms with Gasteiger partial charge in [-0.15, -0.1) is 0 Å². The van der Waals surface area contributed by atoms with E-state index in [9.17, 15) is 9.00 Å². The van der Waals surface area contributed by atoms with Gasteiger partial charge in [0.05, 0.1) is 0 Å². The molecule has 1 amide bonds. The highest BCUT2D eigenvalue weighted by molar-refractivity contribution is 9.10. The summed E-state index contributed by atoms with van der Waals surface area (Å²) in [5, 5.41) is 0. The Bertz CT molecular complexity index is 481. The van der Waals surface area contributed by atoms with Crippen molar-refractivity contribution in [3.05, 3.63) is 28.5 Å². The van der Waals surface area contributed by atoms with Crippen molar-refractivity contribution in [3.63, 3.8) is 0 Å². The third-order valence-electron chi connectivity index (χ3n) is 2.84. The van der Waals surface area contributed by atoms with E-state index in [1.807, 2.05) is 6.92 Å². The van der Waals surface area contributed by atoms with Crippen molar-refractivity contribution in [1.82, 2.24) is 9.88 Å². The molecule has 0 spiro atoms. The first kappa shape index (κ1) is 13.7. The Hall–Kier alpha value is -0.750. The molecule has 1 aliphatic heterocycles. The number of amides is 1. The first-order chi connectivity index (χ1) is 8.58. The lowest BCUT2D eigenvalue weighted by molar-refractivity contribution is 0.0744. The summed E-state index contributed by atoms with van der Waals surface area (Å²) < 4.78 is 12.3. The molecule has 2 atom stereocenters. The Morgan fingerprint density at radius 3 is 3.11 bits per heavy atom. The second-order valence-corrected chi connectivity index (χ2v) is 6.98. The van der Waals surface area contributed by atoms with Crippen LogP contribution in [0.2, 0.25) is 0 Å². The maximum atomic E-state index is 12.4. The first-order valence-corrected chi connectivity index (χ1v) is 8.11. The number of carbonyl (C=O) groups is 1. The standard InChI is InChI=1S/C12H15BrN2O2S/c1-9-7-15(5-6-18(17)8-9)12(16)11-10(13)3-2-4-14-11/h2-4,9H,5-8H2,1H3/t9-,18+/m0/s1. The highest BCUT2D eigenvalue weighted by Gasteiger charge is 2.25. The van der Waals surface area contributed by atoms with E-state index in [1.54, 1.807) is 23.2 Å². The van der Waals surface area contributed by atoms with Crippen molar-refractivity contribution >= 4 is 32.6 Å². The number of halogens is 1. The third kappa shape index (κ3) is 3.17. The molecule has 0 aliphatic carbocycles. The van der Waals surface area contributed by atoms with E-state index >= 15 is 0 Å². The number of hydrogen-bond acceptors (Lipinski definition) is 3. The van der Waals surface area contributed by atoms with Gasteiger partial charge in [0.25, 0.3) is 5.91 Å². The van der Waals surface area contributed by atoms with Crippen LogP contribution in [-0.4, -0.2) is 44.6 Å². The third-order valence-corrected chi connectivity index (χ3v) is 5.06. The van der Waals surface area contributed by atoms with Gasteiger partial charge in [-0.1, -0.05) is 6.92 Å². The molecule has 1 aliphatic rings. The van der Waals surface area contributed by atoms with Crippen LogP contribution in [0.4, 0.5) is 0 Å². The second kappa shape index (κ2) is 5.93. The molecule has 0 radical (unpaired) electrons. The van der Waals surface area contributed by atoms with E-state index < -0.39 is 10.8 Å². The molecule has 1 saturated heterocycles. The molecule has 1 fully saturated rings. The van der Waals surface area contributed by atoms with Crippen LogP contribution in [0.25, 0.3) is 0 Å². The van der Waals surface area contributed by atoms with Gasteiger partial charge >= 0.3 is 0 Å². The number of rotatable bonds is 1. The fourth-order valence-corrected chi connectivity index (χ4v) is 3.77. The summed E-state index contributed by atoms with van der Waals surface area (Å²) in [5.41, 5.74) is 0.428. The van der Waals surface area contributed by atoms with Crippen LogP contribution < -0.4 is 0 Å². The minimum absolute atomic E-state index is 0.0896. The van der Waals surface area contributed by atoms with Crippen molar-refractivity contribution in [2.24, 2.45) is 5.92 Å². The van der Waals surface area contributed by atoms with E-state index in [1.165, 1.54) is 0 Å². The van der Waals surface area contributed by atoms with Crippen LogP contribution in [0.15, 0.2) is 22.8 Å². The Labute approximate surface area is 117 Å². The van der Waals surface area contributed by atoms with Gasteiger partial charge in [-0.3, -0.25) is 9.00 Å². The summed E-state index contributed by atoms with van der Waals surface area (Å²) in [6, 6.07) is 3.58. The van der Waals surface area contributed by atoms with Crippen LogP contribution in [0.3, 0.4) is 0 Å². The number of hydrogen-bond donors (Lipinski definition) is 0. The number of aromatic nitrogens is 1. The molecule has 0 saturated carbocycles. The molecule has 0 N–H and O–H groups in total. The zero-order chi connectivity index (χ0) is 13.1. The molecular formula is C12H15BrN2O2S. The van der Waals surface area contributed by atoms with E-state index in [0.29, 0.717) is 34.8 Å². The van der Waals surface area contributed by atoms with Gasteiger partial charge in [0.15, 0.2) is 0 Å². The fraction of sp³-hybridized carbons (Fsp3) is 0.500. The smallest absolute Gasteiger partial charge is 0.273 e. The van der Waals surface area contributed by atoms with E-state index in [0.717, 1.165) is 0 Å². The van der Waals surface area contributed by atoms with Gasteiger partial charge in [0, 0.05) is 46.1 Å². The highest BCUT2D eigenvalue weighted by atomic mass is 79.9. The molecule has 0 bridgehead atoms. The normalized spacial score (nSPS) is 24.7. The van der Waals surface area contributed by atoms with Crippen LogP contribution in [0.1, 0.15) is 17.4 Å². The van der Waals surface area contributed by atoms with Gasteiger partial charge < -0.3 is 4.90 Å². The Morgan fingerprint density at radius 1 is 1.61 bits per heavy atom. The fourth-order valence-electron chi connectivity index (χ4n) is 2.01. The minimum Gasteiger partial charge on any atom is -0.336 e. The van der Waals surface area contributed by atoms with Crippen molar-refractivity contribution in [2.45, 2.75) is 6.92 Å². The Balaban J connectivity index is 2.18. The maximum absolute atomic E-state index is 12.4. The molecule has 2 rings (SSSR count). The van der Waals surface area contributed by atoms with Gasteiger partial charge in [-0.25, -0.2) is 4.98 Å². The van der Waals surface area contributed by atoms with Crippen LogP contribution in [-0.2, 0) is 10.8 Å². The molecule has 0 unspecified atom stereocenters. The molecule has 1 aromatic rings. The van der Waals surface area contributed by atoms with Gasteiger partial charge in [0.2, 0.25) is 0 Å². The van der Waals surface area contributed by atoms with E-state index in [2.05, 4.69) is 20.9 Å². The predicted octanol–water partition coefficient (Wildman–Crippen LogP) is 1.68.